The highest BCUT2D eigenvalue weighted by atomic mass is 32.1. The molecular weight excluding hydrogens is 875 g/mol. The van der Waals surface area contributed by atoms with Crippen LogP contribution in [0.2, 0.25) is 0 Å². The Hall–Kier alpha value is -9.17. The Balaban J connectivity index is 1.06. The van der Waals surface area contributed by atoms with E-state index in [9.17, 15) is 0 Å². The summed E-state index contributed by atoms with van der Waals surface area (Å²) >= 11 is 1.78. The summed E-state index contributed by atoms with van der Waals surface area (Å²) in [5.74, 6) is 1.64. The molecule has 0 aliphatic carbocycles. The molecule has 5 heterocycles. The predicted molar refractivity (Wildman–Crippen MR) is 292 cm³/mol. The van der Waals surface area contributed by atoms with Crippen LogP contribution in [-0.4, -0.2) is 24.1 Å². The van der Waals surface area contributed by atoms with Crippen LogP contribution in [0.3, 0.4) is 0 Å². The summed E-state index contributed by atoms with van der Waals surface area (Å²) < 4.78 is 14.2. The highest BCUT2D eigenvalue weighted by molar-refractivity contribution is 7.26. The van der Waals surface area contributed by atoms with E-state index in [2.05, 4.69) is 221 Å². The van der Waals surface area contributed by atoms with Gasteiger partial charge in [0.1, 0.15) is 11.2 Å². The van der Waals surface area contributed by atoms with Crippen molar-refractivity contribution in [2.24, 2.45) is 0 Å². The molecular formula is C63H35N5OS. The third-order valence-corrected chi connectivity index (χ3v) is 15.7. The second kappa shape index (κ2) is 14.2. The van der Waals surface area contributed by atoms with E-state index in [1.165, 1.54) is 47.8 Å². The average Bonchev–Trinajstić information content (AvgIpc) is 4.17. The number of furan rings is 1. The van der Waals surface area contributed by atoms with Crippen molar-refractivity contribution >= 4 is 129 Å². The SMILES string of the molecule is c1ccc2cc3c(cc2c1)c1cc2ccccc2cc1n3-c1cc(-c2nc(-c3cccc4c3sc3ccccc34)nc(-n3c4ccccc4c4ccccc43)n2)c2oc3c4ccccc4ccc3c2c1. The van der Waals surface area contributed by atoms with Gasteiger partial charge in [-0.05, 0) is 93.7 Å². The normalized spacial score (nSPS) is 12.3. The first-order chi connectivity index (χ1) is 34.7. The summed E-state index contributed by atoms with van der Waals surface area (Å²) in [6.45, 7) is 0. The van der Waals surface area contributed by atoms with E-state index in [1.807, 2.05) is 0 Å². The second-order valence-electron chi connectivity index (χ2n) is 18.3. The van der Waals surface area contributed by atoms with Crippen LogP contribution in [-0.2, 0) is 0 Å². The lowest BCUT2D eigenvalue weighted by atomic mass is 10.0. The van der Waals surface area contributed by atoms with Crippen molar-refractivity contribution in [1.82, 2.24) is 24.1 Å². The van der Waals surface area contributed by atoms with Crippen LogP contribution in [0, 0.1) is 0 Å². The molecule has 70 heavy (non-hydrogen) atoms. The molecule has 7 heteroatoms. The standard InChI is InChI=1S/C63H35N5OS/c1-3-17-39-32-55-49(30-37(39)15-1)50-31-38-16-2-4-18-40(38)33-56(50)67(55)41-34-51-46-29-28-36-14-5-6-19-42(36)58(46)69-59(51)52(35-41)62-64-61(48-24-13-23-47-45-22-9-12-27-57(45)70-60(47)48)65-63(66-62)68-53-25-10-7-20-43(53)44-21-8-11-26-54(44)68/h1-35H. The van der Waals surface area contributed by atoms with Gasteiger partial charge in [0.15, 0.2) is 11.6 Å². The molecule has 0 saturated heterocycles. The minimum absolute atomic E-state index is 0.520. The van der Waals surface area contributed by atoms with Crippen molar-refractivity contribution < 1.29 is 4.42 Å². The molecule has 16 aromatic rings. The van der Waals surface area contributed by atoms with Crippen LogP contribution in [0.5, 0.6) is 0 Å². The third kappa shape index (κ3) is 5.35. The summed E-state index contributed by atoms with van der Waals surface area (Å²) in [7, 11) is 0. The summed E-state index contributed by atoms with van der Waals surface area (Å²) in [6, 6.07) is 76.2. The largest absolute Gasteiger partial charge is 0.455 e. The maximum Gasteiger partial charge on any atom is 0.238 e. The van der Waals surface area contributed by atoms with Gasteiger partial charge in [0.2, 0.25) is 5.95 Å². The Morgan fingerprint density at radius 1 is 0.329 bits per heavy atom. The van der Waals surface area contributed by atoms with Crippen molar-refractivity contribution in [1.29, 1.82) is 0 Å². The molecule has 16 rings (SSSR count). The molecule has 0 amide bonds. The first kappa shape index (κ1) is 37.9. The lowest BCUT2D eigenvalue weighted by Crippen LogP contribution is -2.07. The van der Waals surface area contributed by atoms with E-state index in [-0.39, 0.29) is 0 Å². The maximum atomic E-state index is 7.23. The van der Waals surface area contributed by atoms with Gasteiger partial charge in [-0.1, -0.05) is 146 Å². The van der Waals surface area contributed by atoms with Crippen LogP contribution in [0.25, 0.3) is 152 Å². The van der Waals surface area contributed by atoms with Gasteiger partial charge in [-0.3, -0.25) is 4.57 Å². The quantitative estimate of drug-likeness (QED) is 0.176. The Labute approximate surface area is 402 Å². The lowest BCUT2D eigenvalue weighted by molar-refractivity contribution is 0.673. The number of aromatic nitrogens is 5. The zero-order chi connectivity index (χ0) is 45.6. The molecule has 0 unspecified atom stereocenters. The van der Waals surface area contributed by atoms with Crippen molar-refractivity contribution in [3.63, 3.8) is 0 Å². The van der Waals surface area contributed by atoms with Gasteiger partial charge >= 0.3 is 0 Å². The number of nitrogens with zero attached hydrogens (tertiary/aromatic N) is 5. The highest BCUT2D eigenvalue weighted by Crippen LogP contribution is 2.45. The van der Waals surface area contributed by atoms with Gasteiger partial charge in [-0.15, -0.1) is 11.3 Å². The lowest BCUT2D eigenvalue weighted by Gasteiger charge is -2.14. The van der Waals surface area contributed by atoms with Gasteiger partial charge in [0.25, 0.3) is 0 Å². The van der Waals surface area contributed by atoms with Crippen LogP contribution in [0.15, 0.2) is 217 Å². The average molecular weight is 910 g/mol. The Morgan fingerprint density at radius 2 is 0.886 bits per heavy atom. The van der Waals surface area contributed by atoms with E-state index in [0.29, 0.717) is 17.6 Å². The number of thiophene rings is 1. The molecule has 6 nitrogen and oxygen atoms in total. The first-order valence-electron chi connectivity index (χ1n) is 23.6. The second-order valence-corrected chi connectivity index (χ2v) is 19.4. The zero-order valence-electron chi connectivity index (χ0n) is 37.3. The van der Waals surface area contributed by atoms with Crippen molar-refractivity contribution in [3.05, 3.63) is 212 Å². The van der Waals surface area contributed by atoms with E-state index in [4.69, 9.17) is 19.4 Å². The number of para-hydroxylation sites is 2. The number of fused-ring (bicyclic) bond motifs is 16. The van der Waals surface area contributed by atoms with Crippen LogP contribution in [0.4, 0.5) is 0 Å². The molecule has 0 aliphatic rings. The summed E-state index contributed by atoms with van der Waals surface area (Å²) in [4.78, 5) is 16.6. The van der Waals surface area contributed by atoms with E-state index in [1.54, 1.807) is 11.3 Å². The van der Waals surface area contributed by atoms with Crippen molar-refractivity contribution in [3.8, 4) is 34.4 Å². The van der Waals surface area contributed by atoms with E-state index in [0.717, 1.165) is 87.1 Å². The molecule has 0 atom stereocenters. The minimum atomic E-state index is 0.520. The van der Waals surface area contributed by atoms with Gasteiger partial charge in [0.05, 0.1) is 27.6 Å². The number of hydrogen-bond donors (Lipinski definition) is 0. The zero-order valence-corrected chi connectivity index (χ0v) is 38.1. The number of rotatable bonds is 4. The first-order valence-corrected chi connectivity index (χ1v) is 24.4. The van der Waals surface area contributed by atoms with Gasteiger partial charge in [0, 0.05) is 69.1 Å². The van der Waals surface area contributed by atoms with Gasteiger partial charge in [-0.25, -0.2) is 4.98 Å². The minimum Gasteiger partial charge on any atom is -0.455 e. The molecule has 11 aromatic carbocycles. The Bertz CT molecular complexity index is 4770. The molecule has 0 N–H and O–H groups in total. The van der Waals surface area contributed by atoms with Gasteiger partial charge < -0.3 is 8.98 Å². The van der Waals surface area contributed by atoms with Gasteiger partial charge in [-0.2, -0.15) is 9.97 Å². The maximum absolute atomic E-state index is 7.23. The third-order valence-electron chi connectivity index (χ3n) is 14.5. The highest BCUT2D eigenvalue weighted by Gasteiger charge is 2.25. The smallest absolute Gasteiger partial charge is 0.238 e. The van der Waals surface area contributed by atoms with E-state index < -0.39 is 0 Å². The molecule has 0 spiro atoms. The topological polar surface area (TPSA) is 61.7 Å². The van der Waals surface area contributed by atoms with Crippen molar-refractivity contribution in [2.45, 2.75) is 0 Å². The van der Waals surface area contributed by atoms with Crippen LogP contribution < -0.4 is 0 Å². The predicted octanol–water partition coefficient (Wildman–Crippen LogP) is 17.1. The summed E-state index contributed by atoms with van der Waals surface area (Å²) in [5.41, 5.74) is 8.53. The fourth-order valence-electron chi connectivity index (χ4n) is 11.3. The fourth-order valence-corrected chi connectivity index (χ4v) is 12.5. The van der Waals surface area contributed by atoms with Crippen LogP contribution >= 0.6 is 11.3 Å². The number of hydrogen-bond acceptors (Lipinski definition) is 5. The molecule has 0 aliphatic heterocycles. The summed E-state index contributed by atoms with van der Waals surface area (Å²) in [6.07, 6.45) is 0. The van der Waals surface area contributed by atoms with Crippen LogP contribution in [0.1, 0.15) is 0 Å². The monoisotopic (exact) mass is 909 g/mol. The fraction of sp³-hybridized carbons (Fsp3) is 0. The molecule has 324 valence electrons. The number of benzene rings is 11. The molecule has 0 saturated carbocycles. The molecule has 0 bridgehead atoms. The Kier molecular flexibility index (Phi) is 7.67. The van der Waals surface area contributed by atoms with Crippen molar-refractivity contribution in [2.75, 3.05) is 0 Å². The molecule has 5 aromatic heterocycles. The summed E-state index contributed by atoms with van der Waals surface area (Å²) in [5, 5.41) is 16.0. The Morgan fingerprint density at radius 3 is 1.57 bits per heavy atom. The molecule has 0 fully saturated rings. The van der Waals surface area contributed by atoms with E-state index >= 15 is 0 Å². The molecule has 0 radical (unpaired) electrons.